The average Bonchev–Trinajstić information content (AvgIpc) is 2.75. The van der Waals surface area contributed by atoms with Gasteiger partial charge in [0.15, 0.2) is 0 Å². The molecule has 35 heavy (non-hydrogen) atoms. The molecule has 0 atom stereocenters. The predicted molar refractivity (Wildman–Crippen MR) is 152 cm³/mol. The largest absolute Gasteiger partial charge is 0.381 e. The molecule has 1 saturated carbocycles. The molecule has 0 saturated heterocycles. The van der Waals surface area contributed by atoms with Gasteiger partial charge in [0.2, 0.25) is 0 Å². The fourth-order valence-electron chi connectivity index (χ4n) is 4.12. The number of thioether (sulfide) groups is 1. The molecule has 0 radical (unpaired) electrons. The zero-order valence-electron chi connectivity index (χ0n) is 24.6. The van der Waals surface area contributed by atoms with Crippen LogP contribution in [-0.2, 0) is 18.9 Å². The number of hydrogen-bond acceptors (Lipinski definition) is 6. The van der Waals surface area contributed by atoms with Crippen LogP contribution in [0.15, 0.2) is 0 Å². The summed E-state index contributed by atoms with van der Waals surface area (Å²) in [5, 5.41) is 3.85. The molecular weight excluding hydrogens is 458 g/mol. The second kappa shape index (κ2) is 16.9. The van der Waals surface area contributed by atoms with Crippen molar-refractivity contribution in [1.29, 1.82) is 0 Å². The highest BCUT2D eigenvalue weighted by atomic mass is 32.2. The zero-order valence-corrected chi connectivity index (χ0v) is 25.4. The summed E-state index contributed by atoms with van der Waals surface area (Å²) in [4.78, 5) is 0. The van der Waals surface area contributed by atoms with Crippen LogP contribution < -0.4 is 5.32 Å². The predicted octanol–water partition coefficient (Wildman–Crippen LogP) is 6.73. The second-order valence-electron chi connectivity index (χ2n) is 13.2. The molecule has 210 valence electrons. The fraction of sp³-hybridized carbons (Fsp3) is 1.00. The number of nitrogens with one attached hydrogen (secondary N) is 1. The Hall–Kier alpha value is 0.150. The summed E-state index contributed by atoms with van der Waals surface area (Å²) in [5.41, 5.74) is 0.803. The maximum atomic E-state index is 6.05. The summed E-state index contributed by atoms with van der Waals surface area (Å²) in [6.45, 7) is 24.5. The van der Waals surface area contributed by atoms with Crippen molar-refractivity contribution in [3.63, 3.8) is 0 Å². The molecule has 0 heterocycles. The van der Waals surface area contributed by atoms with Crippen LogP contribution in [0.3, 0.4) is 0 Å². The highest BCUT2D eigenvalue weighted by Crippen LogP contribution is 2.40. The molecule has 0 aliphatic heterocycles. The van der Waals surface area contributed by atoms with Crippen molar-refractivity contribution >= 4 is 11.8 Å². The molecule has 1 fully saturated rings. The van der Waals surface area contributed by atoms with Crippen molar-refractivity contribution in [1.82, 2.24) is 5.32 Å². The van der Waals surface area contributed by atoms with Gasteiger partial charge in [0, 0.05) is 50.9 Å². The van der Waals surface area contributed by atoms with E-state index in [9.17, 15) is 0 Å². The van der Waals surface area contributed by atoms with Gasteiger partial charge in [0.05, 0.1) is 18.8 Å². The van der Waals surface area contributed by atoms with Crippen molar-refractivity contribution in [3.05, 3.63) is 0 Å². The molecule has 0 spiro atoms. The van der Waals surface area contributed by atoms with Crippen LogP contribution in [0, 0.1) is 10.8 Å². The van der Waals surface area contributed by atoms with Crippen molar-refractivity contribution in [3.8, 4) is 0 Å². The lowest BCUT2D eigenvalue weighted by Gasteiger charge is -2.43. The monoisotopic (exact) mass is 517 g/mol. The minimum absolute atomic E-state index is 0.0583. The standard InChI is InChI=1S/C29H59NO4S/c1-26(2,3)24-32-20-11-22-35-23-16-30-29(8)14-12-28(7,13-15-29)25-33-19-9-17-31-18-10-21-34-27(4,5)6/h30H,9-25H2,1-8H3. The maximum absolute atomic E-state index is 6.05. The maximum Gasteiger partial charge on any atom is 0.0598 e. The number of hydrogen-bond donors (Lipinski definition) is 1. The Bertz CT molecular complexity index is 522. The van der Waals surface area contributed by atoms with Crippen LogP contribution in [-0.4, -0.2) is 75.4 Å². The summed E-state index contributed by atoms with van der Waals surface area (Å²) in [5.74, 6) is 2.37. The van der Waals surface area contributed by atoms with Crippen LogP contribution in [0.2, 0.25) is 0 Å². The van der Waals surface area contributed by atoms with E-state index in [1.807, 2.05) is 11.8 Å². The molecule has 0 aromatic rings. The lowest BCUT2D eigenvalue weighted by Crippen LogP contribution is -2.48. The molecule has 1 aliphatic rings. The minimum atomic E-state index is -0.0583. The van der Waals surface area contributed by atoms with Gasteiger partial charge in [-0.1, -0.05) is 27.7 Å². The Morgan fingerprint density at radius 3 is 1.94 bits per heavy atom. The molecule has 0 aromatic carbocycles. The van der Waals surface area contributed by atoms with E-state index in [0.29, 0.717) is 5.41 Å². The third-order valence-electron chi connectivity index (χ3n) is 6.47. The van der Waals surface area contributed by atoms with Crippen molar-refractivity contribution in [2.45, 2.75) is 111 Å². The lowest BCUT2D eigenvalue weighted by molar-refractivity contribution is -0.0173. The first-order chi connectivity index (χ1) is 16.3. The van der Waals surface area contributed by atoms with E-state index >= 15 is 0 Å². The quantitative estimate of drug-likeness (QED) is 0.192. The van der Waals surface area contributed by atoms with Gasteiger partial charge in [-0.2, -0.15) is 11.8 Å². The van der Waals surface area contributed by atoms with E-state index < -0.39 is 0 Å². The van der Waals surface area contributed by atoms with E-state index in [4.69, 9.17) is 18.9 Å². The third kappa shape index (κ3) is 19.0. The molecule has 6 heteroatoms. The summed E-state index contributed by atoms with van der Waals surface area (Å²) >= 11 is 2.04. The van der Waals surface area contributed by atoms with Gasteiger partial charge in [-0.15, -0.1) is 0 Å². The normalized spacial score (nSPS) is 23.7. The van der Waals surface area contributed by atoms with E-state index in [1.165, 1.54) is 37.2 Å². The summed E-state index contributed by atoms with van der Waals surface area (Å²) in [6.07, 6.45) is 8.01. The Balaban J connectivity index is 1.99. The van der Waals surface area contributed by atoms with Crippen LogP contribution in [0.4, 0.5) is 0 Å². The van der Waals surface area contributed by atoms with Gasteiger partial charge in [-0.3, -0.25) is 0 Å². The van der Waals surface area contributed by atoms with Crippen molar-refractivity contribution < 1.29 is 18.9 Å². The van der Waals surface area contributed by atoms with Gasteiger partial charge >= 0.3 is 0 Å². The van der Waals surface area contributed by atoms with Crippen LogP contribution in [0.5, 0.6) is 0 Å². The van der Waals surface area contributed by atoms with Crippen molar-refractivity contribution in [2.24, 2.45) is 10.8 Å². The second-order valence-corrected chi connectivity index (χ2v) is 14.4. The Kier molecular flexibility index (Phi) is 16.0. The molecule has 0 amide bonds. The van der Waals surface area contributed by atoms with Crippen LogP contribution in [0.1, 0.15) is 100 Å². The first-order valence-electron chi connectivity index (χ1n) is 14.0. The van der Waals surface area contributed by atoms with E-state index in [0.717, 1.165) is 72.1 Å². The molecule has 1 N–H and O–H groups in total. The first kappa shape index (κ1) is 33.2. The van der Waals surface area contributed by atoms with E-state index in [-0.39, 0.29) is 16.6 Å². The molecule has 1 rings (SSSR count). The van der Waals surface area contributed by atoms with Gasteiger partial charge in [0.1, 0.15) is 0 Å². The average molecular weight is 518 g/mol. The molecular formula is C29H59NO4S. The van der Waals surface area contributed by atoms with Gasteiger partial charge < -0.3 is 24.3 Å². The highest BCUT2D eigenvalue weighted by Gasteiger charge is 2.37. The Morgan fingerprint density at radius 2 is 1.31 bits per heavy atom. The molecule has 0 bridgehead atoms. The smallest absolute Gasteiger partial charge is 0.0598 e. The van der Waals surface area contributed by atoms with Gasteiger partial charge in [0.25, 0.3) is 0 Å². The molecule has 0 aromatic heterocycles. The van der Waals surface area contributed by atoms with Crippen LogP contribution >= 0.6 is 11.8 Å². The molecule has 5 nitrogen and oxygen atoms in total. The molecule has 0 unspecified atom stereocenters. The Labute approximate surface area is 222 Å². The van der Waals surface area contributed by atoms with Crippen LogP contribution in [0.25, 0.3) is 0 Å². The summed E-state index contributed by atoms with van der Waals surface area (Å²) in [7, 11) is 0. The van der Waals surface area contributed by atoms with E-state index in [1.54, 1.807) is 0 Å². The highest BCUT2D eigenvalue weighted by molar-refractivity contribution is 7.99. The fourth-order valence-corrected chi connectivity index (χ4v) is 4.89. The third-order valence-corrected chi connectivity index (χ3v) is 7.54. The topological polar surface area (TPSA) is 49.0 Å². The number of rotatable bonds is 19. The molecule has 1 aliphatic carbocycles. The van der Waals surface area contributed by atoms with Gasteiger partial charge in [-0.25, -0.2) is 0 Å². The van der Waals surface area contributed by atoms with E-state index in [2.05, 4.69) is 60.7 Å². The SMILES string of the molecule is CC(C)(C)COCCCSCCNC1(C)CCC(C)(COCCCOCCCOC(C)(C)C)CC1. The Morgan fingerprint density at radius 1 is 0.714 bits per heavy atom. The first-order valence-corrected chi connectivity index (χ1v) is 15.2. The minimum Gasteiger partial charge on any atom is -0.381 e. The van der Waals surface area contributed by atoms with Crippen molar-refractivity contribution in [2.75, 3.05) is 64.3 Å². The summed E-state index contributed by atoms with van der Waals surface area (Å²) in [6, 6.07) is 0. The lowest BCUT2D eigenvalue weighted by atomic mass is 9.69. The zero-order chi connectivity index (χ0) is 26.3. The summed E-state index contributed by atoms with van der Waals surface area (Å²) < 4.78 is 23.2. The van der Waals surface area contributed by atoms with Gasteiger partial charge in [-0.05, 0) is 89.2 Å². The number of ether oxygens (including phenoxy) is 4.